The number of carbonyl (C=O) groups excluding carboxylic acids is 2. The lowest BCUT2D eigenvalue weighted by molar-refractivity contribution is -0.137. The third kappa shape index (κ3) is 3.96. The SMILES string of the molecule is CCOC(=O)C=CC(=O)N1CC(CC)Oc2c(C(C)C)cccc21. The van der Waals surface area contributed by atoms with Gasteiger partial charge in [0.1, 0.15) is 11.9 Å². The second-order valence-electron chi connectivity index (χ2n) is 6.03. The van der Waals surface area contributed by atoms with Crippen LogP contribution in [0.2, 0.25) is 0 Å². The van der Waals surface area contributed by atoms with Gasteiger partial charge in [-0.15, -0.1) is 0 Å². The minimum absolute atomic E-state index is 0.0580. The van der Waals surface area contributed by atoms with Gasteiger partial charge in [-0.2, -0.15) is 0 Å². The van der Waals surface area contributed by atoms with Gasteiger partial charge in [0, 0.05) is 12.2 Å². The van der Waals surface area contributed by atoms with Crippen LogP contribution in [0.5, 0.6) is 5.75 Å². The van der Waals surface area contributed by atoms with Crippen LogP contribution in [0.3, 0.4) is 0 Å². The highest BCUT2D eigenvalue weighted by Gasteiger charge is 2.30. The van der Waals surface area contributed by atoms with Gasteiger partial charge < -0.3 is 14.4 Å². The number of esters is 1. The summed E-state index contributed by atoms with van der Waals surface area (Å²) in [6.45, 7) is 8.71. The molecule has 130 valence electrons. The zero-order valence-corrected chi connectivity index (χ0v) is 14.7. The number of para-hydroxylation sites is 1. The molecule has 0 aromatic heterocycles. The summed E-state index contributed by atoms with van der Waals surface area (Å²) >= 11 is 0. The Morgan fingerprint density at radius 3 is 2.71 bits per heavy atom. The molecule has 0 fully saturated rings. The number of hydrogen-bond donors (Lipinski definition) is 0. The Labute approximate surface area is 143 Å². The second-order valence-corrected chi connectivity index (χ2v) is 6.03. The predicted molar refractivity (Wildman–Crippen MR) is 93.4 cm³/mol. The monoisotopic (exact) mass is 331 g/mol. The van der Waals surface area contributed by atoms with E-state index in [1.807, 2.05) is 25.1 Å². The molecule has 0 aliphatic carbocycles. The fraction of sp³-hybridized carbons (Fsp3) is 0.474. The predicted octanol–water partition coefficient (Wildman–Crippen LogP) is 3.43. The van der Waals surface area contributed by atoms with Gasteiger partial charge in [-0.3, -0.25) is 4.79 Å². The van der Waals surface area contributed by atoms with Crippen LogP contribution in [0.15, 0.2) is 30.4 Å². The van der Waals surface area contributed by atoms with Gasteiger partial charge in [-0.25, -0.2) is 4.79 Å². The molecule has 0 spiro atoms. The smallest absolute Gasteiger partial charge is 0.330 e. The number of nitrogens with zero attached hydrogens (tertiary/aromatic N) is 1. The molecule has 5 heteroatoms. The van der Waals surface area contributed by atoms with E-state index in [0.717, 1.165) is 23.4 Å². The molecule has 1 amide bonds. The highest BCUT2D eigenvalue weighted by atomic mass is 16.5. The van der Waals surface area contributed by atoms with Crippen LogP contribution in [-0.2, 0) is 14.3 Å². The van der Waals surface area contributed by atoms with Gasteiger partial charge in [-0.05, 0) is 30.9 Å². The maximum absolute atomic E-state index is 12.6. The Hall–Kier alpha value is -2.30. The molecule has 1 aliphatic heterocycles. The van der Waals surface area contributed by atoms with Crippen LogP contribution in [0.1, 0.15) is 45.6 Å². The van der Waals surface area contributed by atoms with Crippen molar-refractivity contribution in [2.45, 2.75) is 46.1 Å². The third-order valence-corrected chi connectivity index (χ3v) is 3.98. The number of ether oxygens (including phenoxy) is 2. The Kier molecular flexibility index (Phi) is 6.01. The molecular weight excluding hydrogens is 306 g/mol. The van der Waals surface area contributed by atoms with Crippen LogP contribution >= 0.6 is 0 Å². The third-order valence-electron chi connectivity index (χ3n) is 3.98. The van der Waals surface area contributed by atoms with E-state index >= 15 is 0 Å². The summed E-state index contributed by atoms with van der Waals surface area (Å²) in [7, 11) is 0. The number of carbonyl (C=O) groups is 2. The number of rotatable bonds is 5. The van der Waals surface area contributed by atoms with Crippen molar-refractivity contribution < 1.29 is 19.1 Å². The van der Waals surface area contributed by atoms with Gasteiger partial charge >= 0.3 is 5.97 Å². The maximum atomic E-state index is 12.6. The van der Waals surface area contributed by atoms with Crippen molar-refractivity contribution in [3.05, 3.63) is 35.9 Å². The van der Waals surface area contributed by atoms with Crippen molar-refractivity contribution in [1.82, 2.24) is 0 Å². The number of benzene rings is 1. The van der Waals surface area contributed by atoms with E-state index < -0.39 is 5.97 Å². The van der Waals surface area contributed by atoms with Crippen LogP contribution in [-0.4, -0.2) is 31.1 Å². The Morgan fingerprint density at radius 1 is 1.33 bits per heavy atom. The van der Waals surface area contributed by atoms with E-state index in [4.69, 9.17) is 9.47 Å². The number of anilines is 1. The molecule has 0 N–H and O–H groups in total. The molecular formula is C19H25NO4. The van der Waals surface area contributed by atoms with Crippen molar-refractivity contribution in [2.75, 3.05) is 18.1 Å². The summed E-state index contributed by atoms with van der Waals surface area (Å²) in [6, 6.07) is 5.83. The van der Waals surface area contributed by atoms with Crippen molar-refractivity contribution in [3.63, 3.8) is 0 Å². The molecule has 1 heterocycles. The van der Waals surface area contributed by atoms with Gasteiger partial charge in [0.25, 0.3) is 5.91 Å². The minimum atomic E-state index is -0.512. The van der Waals surface area contributed by atoms with E-state index in [-0.39, 0.29) is 18.6 Å². The standard InChI is InChI=1S/C19H25NO4/c1-5-14-12-20(17(21)10-11-18(22)23-6-2)16-9-7-8-15(13(3)4)19(16)24-14/h7-11,13-14H,5-6,12H2,1-4H3. The summed E-state index contributed by atoms with van der Waals surface area (Å²) in [6.07, 6.45) is 3.19. The van der Waals surface area contributed by atoms with Gasteiger partial charge in [0.05, 0.1) is 18.8 Å². The summed E-state index contributed by atoms with van der Waals surface area (Å²) in [5, 5.41) is 0. The van der Waals surface area contributed by atoms with Crippen LogP contribution < -0.4 is 9.64 Å². The lowest BCUT2D eigenvalue weighted by Crippen LogP contribution is -2.43. The first-order valence-corrected chi connectivity index (χ1v) is 8.43. The largest absolute Gasteiger partial charge is 0.486 e. The molecule has 1 atom stereocenters. The topological polar surface area (TPSA) is 55.8 Å². The number of amides is 1. The molecule has 1 aliphatic rings. The maximum Gasteiger partial charge on any atom is 0.330 e. The van der Waals surface area contributed by atoms with E-state index in [1.165, 1.54) is 12.2 Å². The van der Waals surface area contributed by atoms with Crippen LogP contribution in [0, 0.1) is 0 Å². The first-order chi connectivity index (χ1) is 11.5. The first-order valence-electron chi connectivity index (χ1n) is 8.43. The molecule has 24 heavy (non-hydrogen) atoms. The Bertz CT molecular complexity index is 636. The summed E-state index contributed by atoms with van der Waals surface area (Å²) in [5.41, 5.74) is 1.84. The van der Waals surface area contributed by atoms with E-state index in [2.05, 4.69) is 13.8 Å². The Balaban J connectivity index is 2.33. The molecule has 0 saturated heterocycles. The quantitative estimate of drug-likeness (QED) is 0.613. The van der Waals surface area contributed by atoms with Gasteiger partial charge in [0.2, 0.25) is 0 Å². The molecule has 1 aromatic rings. The normalized spacial score (nSPS) is 16.9. The van der Waals surface area contributed by atoms with Gasteiger partial charge in [0.15, 0.2) is 0 Å². The number of fused-ring (bicyclic) bond motifs is 1. The molecule has 5 nitrogen and oxygen atoms in total. The molecule has 0 saturated carbocycles. The molecule has 1 aromatic carbocycles. The zero-order chi connectivity index (χ0) is 17.7. The molecule has 0 radical (unpaired) electrons. The second kappa shape index (κ2) is 7.99. The van der Waals surface area contributed by atoms with Crippen molar-refractivity contribution in [3.8, 4) is 5.75 Å². The first kappa shape index (κ1) is 18.0. The number of hydrogen-bond acceptors (Lipinski definition) is 4. The average molecular weight is 331 g/mol. The Morgan fingerprint density at radius 2 is 2.08 bits per heavy atom. The summed E-state index contributed by atoms with van der Waals surface area (Å²) < 4.78 is 10.9. The zero-order valence-electron chi connectivity index (χ0n) is 14.7. The van der Waals surface area contributed by atoms with Crippen molar-refractivity contribution in [1.29, 1.82) is 0 Å². The summed E-state index contributed by atoms with van der Waals surface area (Å²) in [4.78, 5) is 25.7. The van der Waals surface area contributed by atoms with E-state index in [9.17, 15) is 9.59 Å². The highest BCUT2D eigenvalue weighted by molar-refractivity contribution is 6.05. The van der Waals surface area contributed by atoms with Crippen LogP contribution in [0.25, 0.3) is 0 Å². The molecule has 1 unspecified atom stereocenters. The highest BCUT2D eigenvalue weighted by Crippen LogP contribution is 2.40. The van der Waals surface area contributed by atoms with E-state index in [0.29, 0.717) is 12.5 Å². The van der Waals surface area contributed by atoms with E-state index in [1.54, 1.807) is 11.8 Å². The molecule has 2 rings (SSSR count). The lowest BCUT2D eigenvalue weighted by Gasteiger charge is -2.35. The lowest BCUT2D eigenvalue weighted by atomic mass is 9.99. The van der Waals surface area contributed by atoms with Crippen molar-refractivity contribution >= 4 is 17.6 Å². The van der Waals surface area contributed by atoms with Gasteiger partial charge in [-0.1, -0.05) is 32.9 Å². The average Bonchev–Trinajstić information content (AvgIpc) is 2.58. The fourth-order valence-electron chi connectivity index (χ4n) is 2.68. The fourth-order valence-corrected chi connectivity index (χ4v) is 2.68. The summed E-state index contributed by atoms with van der Waals surface area (Å²) in [5.74, 6) is 0.306. The minimum Gasteiger partial charge on any atom is -0.486 e. The van der Waals surface area contributed by atoms with Crippen LogP contribution in [0.4, 0.5) is 5.69 Å². The van der Waals surface area contributed by atoms with Crippen molar-refractivity contribution in [2.24, 2.45) is 0 Å². The molecule has 0 bridgehead atoms.